The fourth-order valence-electron chi connectivity index (χ4n) is 2.87. The molecular formula is C17H18ClN3O4S. The first-order valence-electron chi connectivity index (χ1n) is 8.13. The first-order chi connectivity index (χ1) is 12.6. The highest BCUT2D eigenvalue weighted by atomic mass is 35.5. The number of rotatable bonds is 6. The van der Waals surface area contributed by atoms with Gasteiger partial charge in [0.25, 0.3) is 11.6 Å². The Morgan fingerprint density at radius 1 is 1.38 bits per heavy atom. The lowest BCUT2D eigenvalue weighted by Crippen LogP contribution is -2.43. The molecule has 2 aromatic rings. The first-order valence-corrected chi connectivity index (χ1v) is 9.39. The van der Waals surface area contributed by atoms with Crippen LogP contribution >= 0.6 is 22.9 Å². The normalized spacial score (nSPS) is 16.2. The van der Waals surface area contributed by atoms with Crippen LogP contribution in [0.4, 0.5) is 5.69 Å². The van der Waals surface area contributed by atoms with E-state index in [1.807, 2.05) is 11.4 Å². The summed E-state index contributed by atoms with van der Waals surface area (Å²) in [7, 11) is 0. The fourth-order valence-corrected chi connectivity index (χ4v) is 3.99. The number of morpholine rings is 1. The van der Waals surface area contributed by atoms with Gasteiger partial charge in [-0.2, -0.15) is 0 Å². The van der Waals surface area contributed by atoms with Gasteiger partial charge in [0.05, 0.1) is 34.8 Å². The largest absolute Gasteiger partial charge is 0.379 e. The number of carbonyl (C=O) groups excluding carboxylic acids is 1. The Kier molecular flexibility index (Phi) is 6.20. The summed E-state index contributed by atoms with van der Waals surface area (Å²) in [6.45, 7) is 3.37. The number of nitro groups is 1. The third-order valence-electron chi connectivity index (χ3n) is 4.22. The first kappa shape index (κ1) is 18.8. The second-order valence-corrected chi connectivity index (χ2v) is 7.20. The molecule has 0 saturated carbocycles. The van der Waals surface area contributed by atoms with Gasteiger partial charge in [0, 0.05) is 36.6 Å². The minimum Gasteiger partial charge on any atom is -0.379 e. The molecule has 1 aromatic heterocycles. The number of carbonyl (C=O) groups is 1. The van der Waals surface area contributed by atoms with E-state index in [0.717, 1.165) is 13.1 Å². The van der Waals surface area contributed by atoms with Crippen LogP contribution in [0.25, 0.3) is 0 Å². The van der Waals surface area contributed by atoms with Crippen LogP contribution in [-0.4, -0.2) is 48.6 Å². The molecule has 0 aliphatic carbocycles. The van der Waals surface area contributed by atoms with Crippen LogP contribution in [0.2, 0.25) is 5.02 Å². The predicted molar refractivity (Wildman–Crippen MR) is 99.9 cm³/mol. The Morgan fingerprint density at radius 3 is 2.77 bits per heavy atom. The molecule has 7 nitrogen and oxygen atoms in total. The standard InChI is InChI=1S/C17H18ClN3O4S/c18-14-10-12(21(23)24)3-4-13(14)17(22)19-11-15(16-2-1-9-26-16)20-5-7-25-8-6-20/h1-4,9-10,15H,5-8,11H2,(H,19,22). The highest BCUT2D eigenvalue weighted by Gasteiger charge is 2.24. The average Bonchev–Trinajstić information content (AvgIpc) is 3.17. The molecule has 1 saturated heterocycles. The molecule has 1 unspecified atom stereocenters. The molecule has 0 radical (unpaired) electrons. The molecule has 0 bridgehead atoms. The van der Waals surface area contributed by atoms with Gasteiger partial charge in [-0.15, -0.1) is 11.3 Å². The molecule has 2 heterocycles. The third-order valence-corrected chi connectivity index (χ3v) is 5.51. The van der Waals surface area contributed by atoms with Crippen molar-refractivity contribution in [3.63, 3.8) is 0 Å². The number of thiophene rings is 1. The number of nitro benzene ring substituents is 1. The summed E-state index contributed by atoms with van der Waals surface area (Å²) >= 11 is 7.69. The molecule has 0 spiro atoms. The van der Waals surface area contributed by atoms with Crippen LogP contribution in [-0.2, 0) is 4.74 Å². The van der Waals surface area contributed by atoms with Gasteiger partial charge in [-0.3, -0.25) is 19.8 Å². The van der Waals surface area contributed by atoms with E-state index in [1.54, 1.807) is 11.3 Å². The number of halogens is 1. The van der Waals surface area contributed by atoms with E-state index in [-0.39, 0.29) is 28.2 Å². The van der Waals surface area contributed by atoms with E-state index >= 15 is 0 Å². The van der Waals surface area contributed by atoms with Crippen LogP contribution in [0.15, 0.2) is 35.7 Å². The monoisotopic (exact) mass is 395 g/mol. The number of nitrogens with zero attached hydrogens (tertiary/aromatic N) is 2. The molecular weight excluding hydrogens is 378 g/mol. The predicted octanol–water partition coefficient (Wildman–Crippen LogP) is 3.11. The van der Waals surface area contributed by atoms with Gasteiger partial charge in [-0.1, -0.05) is 17.7 Å². The summed E-state index contributed by atoms with van der Waals surface area (Å²) in [5.74, 6) is -0.347. The van der Waals surface area contributed by atoms with Crippen molar-refractivity contribution in [2.24, 2.45) is 0 Å². The second kappa shape index (κ2) is 8.59. The number of ether oxygens (including phenoxy) is 1. The highest BCUT2D eigenvalue weighted by molar-refractivity contribution is 7.10. The zero-order valence-electron chi connectivity index (χ0n) is 13.9. The minimum absolute atomic E-state index is 0.0553. The Labute approximate surface area is 159 Å². The topological polar surface area (TPSA) is 84.7 Å². The van der Waals surface area contributed by atoms with Crippen molar-refractivity contribution in [2.75, 3.05) is 32.8 Å². The molecule has 1 N–H and O–H groups in total. The van der Waals surface area contributed by atoms with Crippen LogP contribution in [0.3, 0.4) is 0 Å². The maximum atomic E-state index is 12.5. The molecule has 3 rings (SSSR count). The molecule has 138 valence electrons. The van der Waals surface area contributed by atoms with Crippen molar-refractivity contribution < 1.29 is 14.5 Å². The van der Waals surface area contributed by atoms with Gasteiger partial charge in [0.15, 0.2) is 0 Å². The third kappa shape index (κ3) is 4.39. The maximum absolute atomic E-state index is 12.5. The lowest BCUT2D eigenvalue weighted by atomic mass is 10.1. The van der Waals surface area contributed by atoms with Crippen molar-refractivity contribution in [3.8, 4) is 0 Å². The molecule has 1 aromatic carbocycles. The van der Waals surface area contributed by atoms with E-state index in [0.29, 0.717) is 19.8 Å². The maximum Gasteiger partial charge on any atom is 0.270 e. The summed E-state index contributed by atoms with van der Waals surface area (Å²) in [5.41, 5.74) is 0.0838. The Morgan fingerprint density at radius 2 is 2.15 bits per heavy atom. The molecule has 1 amide bonds. The molecule has 1 aliphatic heterocycles. The molecule has 1 fully saturated rings. The summed E-state index contributed by atoms with van der Waals surface area (Å²) in [5, 5.41) is 15.8. The van der Waals surface area contributed by atoms with Gasteiger partial charge in [-0.25, -0.2) is 0 Å². The Bertz CT molecular complexity index is 778. The lowest BCUT2D eigenvalue weighted by molar-refractivity contribution is -0.384. The quantitative estimate of drug-likeness (QED) is 0.600. The van der Waals surface area contributed by atoms with Crippen molar-refractivity contribution in [1.82, 2.24) is 10.2 Å². The van der Waals surface area contributed by atoms with E-state index in [9.17, 15) is 14.9 Å². The number of hydrogen-bond acceptors (Lipinski definition) is 6. The number of hydrogen-bond donors (Lipinski definition) is 1. The summed E-state index contributed by atoms with van der Waals surface area (Å²) in [4.78, 5) is 26.2. The van der Waals surface area contributed by atoms with E-state index in [2.05, 4.69) is 16.3 Å². The van der Waals surface area contributed by atoms with Gasteiger partial charge in [0.1, 0.15) is 0 Å². The molecule has 1 aliphatic rings. The number of non-ortho nitro benzene ring substituents is 1. The van der Waals surface area contributed by atoms with E-state index < -0.39 is 4.92 Å². The molecule has 26 heavy (non-hydrogen) atoms. The van der Waals surface area contributed by atoms with Gasteiger partial charge in [0.2, 0.25) is 0 Å². The van der Waals surface area contributed by atoms with Crippen LogP contribution in [0.5, 0.6) is 0 Å². The number of nitrogens with one attached hydrogen (secondary N) is 1. The van der Waals surface area contributed by atoms with E-state index in [1.165, 1.54) is 23.1 Å². The zero-order chi connectivity index (χ0) is 18.5. The number of benzene rings is 1. The van der Waals surface area contributed by atoms with Gasteiger partial charge < -0.3 is 10.1 Å². The summed E-state index contributed by atoms with van der Waals surface area (Å²) in [6.07, 6.45) is 0. The minimum atomic E-state index is -0.543. The zero-order valence-corrected chi connectivity index (χ0v) is 15.5. The van der Waals surface area contributed by atoms with Crippen molar-refractivity contribution in [3.05, 3.63) is 61.3 Å². The molecule has 1 atom stereocenters. The highest BCUT2D eigenvalue weighted by Crippen LogP contribution is 2.26. The Hall–Kier alpha value is -2.00. The summed E-state index contributed by atoms with van der Waals surface area (Å²) in [6, 6.07) is 7.94. The van der Waals surface area contributed by atoms with Gasteiger partial charge >= 0.3 is 0 Å². The van der Waals surface area contributed by atoms with Crippen LogP contribution in [0.1, 0.15) is 21.3 Å². The summed E-state index contributed by atoms with van der Waals surface area (Å²) < 4.78 is 5.41. The van der Waals surface area contributed by atoms with Crippen molar-refractivity contribution >= 4 is 34.5 Å². The van der Waals surface area contributed by atoms with Crippen LogP contribution in [0, 0.1) is 10.1 Å². The Balaban J connectivity index is 1.70. The second-order valence-electron chi connectivity index (χ2n) is 5.81. The van der Waals surface area contributed by atoms with E-state index in [4.69, 9.17) is 16.3 Å². The smallest absolute Gasteiger partial charge is 0.270 e. The lowest BCUT2D eigenvalue weighted by Gasteiger charge is -2.34. The van der Waals surface area contributed by atoms with Gasteiger partial charge in [-0.05, 0) is 17.5 Å². The average molecular weight is 396 g/mol. The molecule has 9 heteroatoms. The SMILES string of the molecule is O=C(NCC(c1cccs1)N1CCOCC1)c1ccc([N+](=O)[O-])cc1Cl. The van der Waals surface area contributed by atoms with Crippen molar-refractivity contribution in [1.29, 1.82) is 0 Å². The fraction of sp³-hybridized carbons (Fsp3) is 0.353. The van der Waals surface area contributed by atoms with Crippen molar-refractivity contribution in [2.45, 2.75) is 6.04 Å². The number of amides is 1. The van der Waals surface area contributed by atoms with Crippen LogP contribution < -0.4 is 5.32 Å².